The van der Waals surface area contributed by atoms with Crippen molar-refractivity contribution in [3.63, 3.8) is 0 Å². The van der Waals surface area contributed by atoms with Crippen LogP contribution in [0.3, 0.4) is 0 Å². The summed E-state index contributed by atoms with van der Waals surface area (Å²) in [6, 6.07) is 1.12. The largest absolute Gasteiger partial charge is 0.322 e. The molecule has 128 valence electrons. The number of hydrogen-bond acceptors (Lipinski definition) is 2. The predicted octanol–water partition coefficient (Wildman–Crippen LogP) is 4.27. The molecule has 0 spiro atoms. The van der Waals surface area contributed by atoms with E-state index >= 15 is 0 Å². The number of fused-ring (bicyclic) bond motifs is 1. The van der Waals surface area contributed by atoms with Gasteiger partial charge in [0, 0.05) is 18.1 Å². The second-order valence-electron chi connectivity index (χ2n) is 7.62. The number of likely N-dealkylation sites (tertiary alicyclic amines) is 1. The first kappa shape index (κ1) is 16.3. The Morgan fingerprint density at radius 1 is 1.26 bits per heavy atom. The van der Waals surface area contributed by atoms with Gasteiger partial charge in [0.15, 0.2) is 0 Å². The van der Waals surface area contributed by atoms with Gasteiger partial charge < -0.3 is 10.2 Å². The van der Waals surface area contributed by atoms with E-state index < -0.39 is 0 Å². The van der Waals surface area contributed by atoms with E-state index in [4.69, 9.17) is 0 Å². The number of anilines is 1. The maximum Gasteiger partial charge on any atom is 0.322 e. The molecule has 23 heavy (non-hydrogen) atoms. The minimum atomic E-state index is 0.0569. The zero-order valence-corrected chi connectivity index (χ0v) is 15.1. The monoisotopic (exact) mass is 318 g/mol. The number of urea groups is 1. The highest BCUT2D eigenvalue weighted by atomic mass is 16.2. The molecule has 2 heterocycles. The van der Waals surface area contributed by atoms with Crippen molar-refractivity contribution in [1.29, 1.82) is 0 Å². The standard InChI is InChI=1S/C18H30N4O/c1-11(2)22-14(5)17(13(4)20-22)19-18(23)21-12(3)10-15-8-6-7-9-16(15)21/h11-12,15-16H,6-10H2,1-5H3,(H,19,23)/t12-,15-,16+/m1/s1. The molecule has 5 nitrogen and oxygen atoms in total. The third kappa shape index (κ3) is 2.86. The van der Waals surface area contributed by atoms with Crippen LogP contribution in [0.1, 0.15) is 70.3 Å². The first-order valence-corrected chi connectivity index (χ1v) is 9.05. The molecule has 0 radical (unpaired) electrons. The van der Waals surface area contributed by atoms with Crippen LogP contribution in [-0.4, -0.2) is 32.8 Å². The molecule has 2 aliphatic rings. The van der Waals surface area contributed by atoms with E-state index in [9.17, 15) is 4.79 Å². The van der Waals surface area contributed by atoms with Crippen molar-refractivity contribution >= 4 is 11.7 Å². The van der Waals surface area contributed by atoms with Crippen molar-refractivity contribution < 1.29 is 4.79 Å². The SMILES string of the molecule is Cc1nn(C(C)C)c(C)c1NC(=O)N1[C@H](C)C[C@H]2CCCC[C@@H]21. The second-order valence-corrected chi connectivity index (χ2v) is 7.62. The van der Waals surface area contributed by atoms with E-state index in [1.54, 1.807) is 0 Å². The number of nitrogens with one attached hydrogen (secondary N) is 1. The van der Waals surface area contributed by atoms with Gasteiger partial charge in [-0.05, 0) is 59.8 Å². The van der Waals surface area contributed by atoms with Crippen LogP contribution in [-0.2, 0) is 0 Å². The van der Waals surface area contributed by atoms with Crippen LogP contribution in [0.15, 0.2) is 0 Å². The van der Waals surface area contributed by atoms with Gasteiger partial charge in [-0.15, -0.1) is 0 Å². The van der Waals surface area contributed by atoms with E-state index in [1.807, 2.05) is 18.5 Å². The third-order valence-corrected chi connectivity index (χ3v) is 5.63. The van der Waals surface area contributed by atoms with Gasteiger partial charge in [-0.1, -0.05) is 12.8 Å². The normalized spacial score (nSPS) is 27.4. The molecule has 0 bridgehead atoms. The average molecular weight is 318 g/mol. The zero-order valence-electron chi connectivity index (χ0n) is 15.1. The van der Waals surface area contributed by atoms with Crippen LogP contribution < -0.4 is 5.32 Å². The first-order valence-electron chi connectivity index (χ1n) is 9.05. The van der Waals surface area contributed by atoms with Gasteiger partial charge in [0.05, 0.1) is 17.1 Å². The van der Waals surface area contributed by atoms with Gasteiger partial charge in [-0.3, -0.25) is 4.68 Å². The van der Waals surface area contributed by atoms with Crippen LogP contribution >= 0.6 is 0 Å². The molecule has 1 saturated carbocycles. The van der Waals surface area contributed by atoms with Gasteiger partial charge in [0.25, 0.3) is 0 Å². The second kappa shape index (κ2) is 6.17. The molecule has 3 atom stereocenters. The van der Waals surface area contributed by atoms with Crippen LogP contribution in [0.25, 0.3) is 0 Å². The summed E-state index contributed by atoms with van der Waals surface area (Å²) in [6.45, 7) is 10.4. The molecule has 3 rings (SSSR count). The molecule has 0 aromatic carbocycles. The van der Waals surface area contributed by atoms with Crippen molar-refractivity contribution in [3.8, 4) is 0 Å². The number of amides is 2. The molecular weight excluding hydrogens is 288 g/mol. The first-order chi connectivity index (χ1) is 10.9. The number of hydrogen-bond donors (Lipinski definition) is 1. The fourth-order valence-corrected chi connectivity index (χ4v) is 4.58. The number of aryl methyl sites for hydroxylation is 1. The summed E-state index contributed by atoms with van der Waals surface area (Å²) < 4.78 is 1.99. The Morgan fingerprint density at radius 3 is 2.61 bits per heavy atom. The maximum atomic E-state index is 12.9. The summed E-state index contributed by atoms with van der Waals surface area (Å²) in [5, 5.41) is 7.74. The quantitative estimate of drug-likeness (QED) is 0.885. The summed E-state index contributed by atoms with van der Waals surface area (Å²) in [6.07, 6.45) is 6.17. The Morgan fingerprint density at radius 2 is 1.96 bits per heavy atom. The highest BCUT2D eigenvalue weighted by Gasteiger charge is 2.42. The van der Waals surface area contributed by atoms with E-state index in [-0.39, 0.29) is 6.03 Å². The fraction of sp³-hybridized carbons (Fsp3) is 0.778. The molecule has 1 aromatic heterocycles. The number of carbonyl (C=O) groups excluding carboxylic acids is 1. The summed E-state index contributed by atoms with van der Waals surface area (Å²) in [5.41, 5.74) is 2.82. The smallest absolute Gasteiger partial charge is 0.319 e. The van der Waals surface area contributed by atoms with Crippen LogP contribution in [0.2, 0.25) is 0 Å². The van der Waals surface area contributed by atoms with Crippen LogP contribution in [0.5, 0.6) is 0 Å². The maximum absolute atomic E-state index is 12.9. The molecular formula is C18H30N4O. The van der Waals surface area contributed by atoms with E-state index in [0.717, 1.165) is 29.9 Å². The lowest BCUT2D eigenvalue weighted by Gasteiger charge is -2.33. The van der Waals surface area contributed by atoms with Crippen molar-refractivity contribution in [3.05, 3.63) is 11.4 Å². The Hall–Kier alpha value is -1.52. The van der Waals surface area contributed by atoms with Crippen molar-refractivity contribution in [2.75, 3.05) is 5.32 Å². The summed E-state index contributed by atoms with van der Waals surface area (Å²) in [7, 11) is 0. The third-order valence-electron chi connectivity index (χ3n) is 5.63. The van der Waals surface area contributed by atoms with E-state index in [2.05, 4.69) is 36.1 Å². The molecule has 2 fully saturated rings. The summed E-state index contributed by atoms with van der Waals surface area (Å²) in [5.74, 6) is 0.699. The van der Waals surface area contributed by atoms with Gasteiger partial charge in [-0.2, -0.15) is 5.10 Å². The molecule has 5 heteroatoms. The fourth-order valence-electron chi connectivity index (χ4n) is 4.58. The van der Waals surface area contributed by atoms with Crippen molar-refractivity contribution in [2.45, 2.75) is 84.8 Å². The molecule has 1 aliphatic heterocycles. The Labute approximate surface area is 139 Å². The van der Waals surface area contributed by atoms with Crippen molar-refractivity contribution in [1.82, 2.24) is 14.7 Å². The molecule has 1 N–H and O–H groups in total. The highest BCUT2D eigenvalue weighted by Crippen LogP contribution is 2.40. The summed E-state index contributed by atoms with van der Waals surface area (Å²) in [4.78, 5) is 15.0. The molecule has 1 aromatic rings. The molecule has 1 saturated heterocycles. The average Bonchev–Trinajstić information content (AvgIpc) is 2.97. The van der Waals surface area contributed by atoms with Crippen molar-refractivity contribution in [2.24, 2.45) is 5.92 Å². The van der Waals surface area contributed by atoms with E-state index in [0.29, 0.717) is 24.0 Å². The van der Waals surface area contributed by atoms with Gasteiger partial charge in [0.2, 0.25) is 0 Å². The van der Waals surface area contributed by atoms with Gasteiger partial charge >= 0.3 is 6.03 Å². The number of rotatable bonds is 2. The Balaban J connectivity index is 1.79. The number of carbonyl (C=O) groups is 1. The number of aromatic nitrogens is 2. The molecule has 1 aliphatic carbocycles. The minimum absolute atomic E-state index is 0.0569. The Bertz CT molecular complexity index is 592. The lowest BCUT2D eigenvalue weighted by molar-refractivity contribution is 0.168. The van der Waals surface area contributed by atoms with Crippen LogP contribution in [0.4, 0.5) is 10.5 Å². The summed E-state index contributed by atoms with van der Waals surface area (Å²) >= 11 is 0. The number of nitrogens with zero attached hydrogens (tertiary/aromatic N) is 3. The Kier molecular flexibility index (Phi) is 4.39. The highest BCUT2D eigenvalue weighted by molar-refractivity contribution is 5.91. The topological polar surface area (TPSA) is 50.2 Å². The predicted molar refractivity (Wildman–Crippen MR) is 92.8 cm³/mol. The van der Waals surface area contributed by atoms with Gasteiger partial charge in [-0.25, -0.2) is 4.79 Å². The van der Waals surface area contributed by atoms with Crippen LogP contribution in [0, 0.1) is 19.8 Å². The zero-order chi connectivity index (χ0) is 16.7. The lowest BCUT2D eigenvalue weighted by atomic mass is 9.85. The van der Waals surface area contributed by atoms with E-state index in [1.165, 1.54) is 19.3 Å². The lowest BCUT2D eigenvalue weighted by Crippen LogP contribution is -2.44. The van der Waals surface area contributed by atoms with Gasteiger partial charge in [0.1, 0.15) is 0 Å². The minimum Gasteiger partial charge on any atom is -0.319 e. The molecule has 2 amide bonds. The molecule has 0 unspecified atom stereocenters.